The molecule has 4 nitrogen and oxygen atoms in total. The lowest BCUT2D eigenvalue weighted by Gasteiger charge is -2.02. The van der Waals surface area contributed by atoms with Gasteiger partial charge in [-0.2, -0.15) is 0 Å². The summed E-state index contributed by atoms with van der Waals surface area (Å²) >= 11 is 0. The second kappa shape index (κ2) is 4.00. The molecule has 0 N–H and O–H groups in total. The van der Waals surface area contributed by atoms with E-state index in [1.54, 1.807) is 13.8 Å². The molecule has 0 aliphatic rings. The van der Waals surface area contributed by atoms with Gasteiger partial charge in [-0.15, -0.1) is 0 Å². The highest BCUT2D eigenvalue weighted by molar-refractivity contribution is 5.97. The van der Waals surface area contributed by atoms with Crippen LogP contribution in [-0.4, -0.2) is 10.7 Å². The lowest BCUT2D eigenvalue weighted by Crippen LogP contribution is -2.07. The SMILES string of the molecule is CC(C)C(=O)c1ccc([N+](=O)[O-])cc1. The van der Waals surface area contributed by atoms with Crippen LogP contribution < -0.4 is 0 Å². The first-order chi connectivity index (χ1) is 6.52. The summed E-state index contributed by atoms with van der Waals surface area (Å²) in [6.07, 6.45) is 0. The molecule has 1 aromatic carbocycles. The van der Waals surface area contributed by atoms with E-state index in [9.17, 15) is 14.9 Å². The number of Topliss-reactive ketones (excluding diaryl/α,β-unsaturated/α-hetero) is 1. The highest BCUT2D eigenvalue weighted by Gasteiger charge is 2.11. The minimum Gasteiger partial charge on any atom is -0.294 e. The molecule has 0 amide bonds. The van der Waals surface area contributed by atoms with Gasteiger partial charge in [0.25, 0.3) is 5.69 Å². The molecule has 0 atom stereocenters. The van der Waals surface area contributed by atoms with E-state index in [0.717, 1.165) is 0 Å². The molecule has 0 heterocycles. The lowest BCUT2D eigenvalue weighted by atomic mass is 10.0. The van der Waals surface area contributed by atoms with Gasteiger partial charge >= 0.3 is 0 Å². The van der Waals surface area contributed by atoms with E-state index in [0.29, 0.717) is 5.56 Å². The fourth-order valence-electron chi connectivity index (χ4n) is 1.08. The van der Waals surface area contributed by atoms with Crippen molar-refractivity contribution in [1.29, 1.82) is 0 Å². The van der Waals surface area contributed by atoms with Crippen LogP contribution in [-0.2, 0) is 0 Å². The fourth-order valence-corrected chi connectivity index (χ4v) is 1.08. The molecule has 0 saturated heterocycles. The molecule has 0 unspecified atom stereocenters. The zero-order valence-corrected chi connectivity index (χ0v) is 8.06. The number of nitrogens with zero attached hydrogens (tertiary/aromatic N) is 1. The lowest BCUT2D eigenvalue weighted by molar-refractivity contribution is -0.384. The van der Waals surface area contributed by atoms with E-state index >= 15 is 0 Å². The standard InChI is InChI=1S/C10H11NO3/c1-7(2)10(12)8-3-5-9(6-4-8)11(13)14/h3-7H,1-2H3. The number of nitro benzene ring substituents is 1. The summed E-state index contributed by atoms with van der Waals surface area (Å²) in [4.78, 5) is 21.3. The largest absolute Gasteiger partial charge is 0.294 e. The zero-order valence-electron chi connectivity index (χ0n) is 8.06. The zero-order chi connectivity index (χ0) is 10.7. The minimum absolute atomic E-state index is 0.0000945. The van der Waals surface area contributed by atoms with Crippen LogP contribution in [0.15, 0.2) is 24.3 Å². The van der Waals surface area contributed by atoms with Gasteiger partial charge in [-0.1, -0.05) is 13.8 Å². The highest BCUT2D eigenvalue weighted by Crippen LogP contribution is 2.14. The third-order valence-corrected chi connectivity index (χ3v) is 1.89. The number of hydrogen-bond acceptors (Lipinski definition) is 3. The van der Waals surface area contributed by atoms with Gasteiger partial charge in [-0.25, -0.2) is 0 Å². The van der Waals surface area contributed by atoms with E-state index in [1.165, 1.54) is 24.3 Å². The monoisotopic (exact) mass is 193 g/mol. The van der Waals surface area contributed by atoms with Crippen LogP contribution in [0.2, 0.25) is 0 Å². The van der Waals surface area contributed by atoms with Crippen molar-refractivity contribution in [2.45, 2.75) is 13.8 Å². The topological polar surface area (TPSA) is 60.2 Å². The molecule has 0 aliphatic carbocycles. The van der Waals surface area contributed by atoms with Crippen molar-refractivity contribution in [3.05, 3.63) is 39.9 Å². The molecule has 14 heavy (non-hydrogen) atoms. The van der Waals surface area contributed by atoms with E-state index in [2.05, 4.69) is 0 Å². The van der Waals surface area contributed by atoms with E-state index in [4.69, 9.17) is 0 Å². The number of non-ortho nitro benzene ring substituents is 1. The molecule has 0 spiro atoms. The first-order valence-electron chi connectivity index (χ1n) is 4.31. The Balaban J connectivity index is 2.94. The average Bonchev–Trinajstić information content (AvgIpc) is 2.16. The van der Waals surface area contributed by atoms with Crippen LogP contribution in [0.5, 0.6) is 0 Å². The third-order valence-electron chi connectivity index (χ3n) is 1.89. The van der Waals surface area contributed by atoms with Crippen LogP contribution in [0.1, 0.15) is 24.2 Å². The van der Waals surface area contributed by atoms with Gasteiger partial charge in [-0.05, 0) is 12.1 Å². The summed E-state index contributed by atoms with van der Waals surface area (Å²) in [7, 11) is 0. The van der Waals surface area contributed by atoms with Crippen LogP contribution in [0.25, 0.3) is 0 Å². The smallest absolute Gasteiger partial charge is 0.269 e. The summed E-state index contributed by atoms with van der Waals surface area (Å²) in [6, 6.07) is 5.66. The predicted octanol–water partition coefficient (Wildman–Crippen LogP) is 2.43. The molecule has 4 heteroatoms. The van der Waals surface area contributed by atoms with Crippen molar-refractivity contribution in [2.75, 3.05) is 0 Å². The van der Waals surface area contributed by atoms with Crippen LogP contribution >= 0.6 is 0 Å². The van der Waals surface area contributed by atoms with Gasteiger partial charge in [0.2, 0.25) is 0 Å². The van der Waals surface area contributed by atoms with Gasteiger partial charge in [0, 0.05) is 23.6 Å². The van der Waals surface area contributed by atoms with Gasteiger partial charge in [0.1, 0.15) is 0 Å². The Morgan fingerprint density at radius 1 is 1.29 bits per heavy atom. The second-order valence-corrected chi connectivity index (χ2v) is 3.32. The van der Waals surface area contributed by atoms with Crippen molar-refractivity contribution >= 4 is 11.5 Å². The summed E-state index contributed by atoms with van der Waals surface area (Å²) in [6.45, 7) is 3.59. The maximum Gasteiger partial charge on any atom is 0.269 e. The molecule has 0 aliphatic heterocycles. The van der Waals surface area contributed by atoms with E-state index in [1.807, 2.05) is 0 Å². The Labute approximate surface area is 81.7 Å². The Morgan fingerprint density at radius 3 is 2.14 bits per heavy atom. The number of hydrogen-bond donors (Lipinski definition) is 0. The number of nitro groups is 1. The van der Waals surface area contributed by atoms with Crippen molar-refractivity contribution in [3.63, 3.8) is 0 Å². The summed E-state index contributed by atoms with van der Waals surface area (Å²) in [5, 5.41) is 10.3. The second-order valence-electron chi connectivity index (χ2n) is 3.32. The molecule has 1 rings (SSSR count). The van der Waals surface area contributed by atoms with Gasteiger partial charge in [0.05, 0.1) is 4.92 Å². The number of ketones is 1. The number of benzene rings is 1. The van der Waals surface area contributed by atoms with Gasteiger partial charge in [-0.3, -0.25) is 14.9 Å². The van der Waals surface area contributed by atoms with Gasteiger partial charge in [0.15, 0.2) is 5.78 Å². The molecule has 0 bridgehead atoms. The molecular formula is C10H11NO3. The number of carbonyl (C=O) groups excluding carboxylic acids is 1. The third kappa shape index (κ3) is 2.16. The first-order valence-corrected chi connectivity index (χ1v) is 4.31. The maximum atomic E-state index is 11.5. The Kier molecular flexibility index (Phi) is 2.96. The van der Waals surface area contributed by atoms with Crippen molar-refractivity contribution in [3.8, 4) is 0 Å². The summed E-state index contributed by atoms with van der Waals surface area (Å²) < 4.78 is 0. The van der Waals surface area contributed by atoms with E-state index < -0.39 is 4.92 Å². The summed E-state index contributed by atoms with van der Waals surface area (Å²) in [5.41, 5.74) is 0.524. The predicted molar refractivity (Wildman–Crippen MR) is 52.3 cm³/mol. The quantitative estimate of drug-likeness (QED) is 0.420. The van der Waals surface area contributed by atoms with Crippen LogP contribution in [0, 0.1) is 16.0 Å². The van der Waals surface area contributed by atoms with Gasteiger partial charge < -0.3 is 0 Å². The molecule has 1 aromatic rings. The molecule has 0 aromatic heterocycles. The molecule has 0 saturated carbocycles. The molecular weight excluding hydrogens is 182 g/mol. The van der Waals surface area contributed by atoms with Crippen molar-refractivity contribution < 1.29 is 9.72 Å². The minimum atomic E-state index is -0.483. The molecule has 74 valence electrons. The van der Waals surface area contributed by atoms with Crippen LogP contribution in [0.3, 0.4) is 0 Å². The highest BCUT2D eigenvalue weighted by atomic mass is 16.6. The Bertz CT molecular complexity index is 354. The van der Waals surface area contributed by atoms with E-state index in [-0.39, 0.29) is 17.4 Å². The molecule has 0 radical (unpaired) electrons. The normalized spacial score (nSPS) is 10.2. The number of rotatable bonds is 3. The van der Waals surface area contributed by atoms with Crippen LogP contribution in [0.4, 0.5) is 5.69 Å². The first kappa shape index (κ1) is 10.4. The molecule has 0 fully saturated rings. The summed E-state index contributed by atoms with van der Waals surface area (Å²) in [5.74, 6) is -0.0867. The van der Waals surface area contributed by atoms with Crippen molar-refractivity contribution in [1.82, 2.24) is 0 Å². The maximum absolute atomic E-state index is 11.5. The number of carbonyl (C=O) groups is 1. The fraction of sp³-hybridized carbons (Fsp3) is 0.300. The average molecular weight is 193 g/mol. The Morgan fingerprint density at radius 2 is 1.79 bits per heavy atom. The van der Waals surface area contributed by atoms with Crippen molar-refractivity contribution in [2.24, 2.45) is 5.92 Å². The Hall–Kier alpha value is -1.71.